The minimum absolute atomic E-state index is 0.0217. The predicted molar refractivity (Wildman–Crippen MR) is 109 cm³/mol. The fourth-order valence-corrected chi connectivity index (χ4v) is 5.14. The Labute approximate surface area is 162 Å². The van der Waals surface area contributed by atoms with Crippen LogP contribution in [0.5, 0.6) is 0 Å². The van der Waals surface area contributed by atoms with E-state index >= 15 is 0 Å². The summed E-state index contributed by atoms with van der Waals surface area (Å²) in [5, 5.41) is 0.798. The zero-order chi connectivity index (χ0) is 19.1. The van der Waals surface area contributed by atoms with E-state index in [1.54, 1.807) is 28.0 Å². The molecular formula is C21H24FN3OS. The van der Waals surface area contributed by atoms with E-state index in [0.717, 1.165) is 29.5 Å². The maximum absolute atomic E-state index is 14.1. The Balaban J connectivity index is 1.85. The quantitative estimate of drug-likeness (QED) is 0.654. The third-order valence-electron chi connectivity index (χ3n) is 5.23. The van der Waals surface area contributed by atoms with Crippen molar-refractivity contribution in [2.45, 2.75) is 52.1 Å². The predicted octanol–water partition coefficient (Wildman–Crippen LogP) is 4.69. The molecule has 0 unspecified atom stereocenters. The largest absolute Gasteiger partial charge is 0.341 e. The van der Waals surface area contributed by atoms with Crippen molar-refractivity contribution in [1.82, 2.24) is 9.55 Å². The molecule has 2 aromatic heterocycles. The fraction of sp³-hybridized carbons (Fsp3) is 0.429. The van der Waals surface area contributed by atoms with Gasteiger partial charge in [-0.3, -0.25) is 9.36 Å². The number of anilines is 1. The SMILES string of the molecule is CC(C)n1c(N(C)Cc2ccccc2F)nc2sc3c(c2c1=O)CCCC3. The number of halogens is 1. The minimum Gasteiger partial charge on any atom is -0.341 e. The first-order chi connectivity index (χ1) is 13.0. The standard InChI is InChI=1S/C21H24FN3OS/c1-13(2)25-20(26)18-15-9-5-7-11-17(15)27-19(18)23-21(25)24(3)12-14-8-4-6-10-16(14)22/h4,6,8,10,13H,5,7,9,11-12H2,1-3H3. The monoisotopic (exact) mass is 385 g/mol. The van der Waals surface area contributed by atoms with Gasteiger partial charge in [0, 0.05) is 30.1 Å². The van der Waals surface area contributed by atoms with Gasteiger partial charge in [0.1, 0.15) is 10.6 Å². The van der Waals surface area contributed by atoms with Crippen molar-refractivity contribution in [3.05, 3.63) is 56.4 Å². The second kappa shape index (κ2) is 7.08. The van der Waals surface area contributed by atoms with E-state index in [9.17, 15) is 9.18 Å². The number of rotatable bonds is 4. The van der Waals surface area contributed by atoms with Crippen molar-refractivity contribution in [3.63, 3.8) is 0 Å². The molecule has 0 radical (unpaired) electrons. The van der Waals surface area contributed by atoms with Crippen LogP contribution in [0.3, 0.4) is 0 Å². The maximum atomic E-state index is 14.1. The van der Waals surface area contributed by atoms with Gasteiger partial charge in [-0.1, -0.05) is 18.2 Å². The number of aryl methyl sites for hydroxylation is 2. The molecule has 6 heteroatoms. The van der Waals surface area contributed by atoms with Crippen LogP contribution in [0.25, 0.3) is 10.2 Å². The molecule has 4 rings (SSSR count). The third kappa shape index (κ3) is 3.16. The van der Waals surface area contributed by atoms with Gasteiger partial charge in [-0.05, 0) is 51.2 Å². The zero-order valence-electron chi connectivity index (χ0n) is 16.0. The molecule has 0 fully saturated rings. The van der Waals surface area contributed by atoms with Gasteiger partial charge in [-0.2, -0.15) is 0 Å². The number of aromatic nitrogens is 2. The summed E-state index contributed by atoms with van der Waals surface area (Å²) in [4.78, 5) is 22.3. The van der Waals surface area contributed by atoms with Gasteiger partial charge in [0.25, 0.3) is 5.56 Å². The van der Waals surface area contributed by atoms with Crippen LogP contribution in [0, 0.1) is 5.82 Å². The summed E-state index contributed by atoms with van der Waals surface area (Å²) in [5.41, 5.74) is 1.83. The normalized spacial score (nSPS) is 14.0. The molecule has 4 nitrogen and oxygen atoms in total. The highest BCUT2D eigenvalue weighted by Gasteiger charge is 2.24. The summed E-state index contributed by atoms with van der Waals surface area (Å²) in [6.07, 6.45) is 4.32. The number of hydrogen-bond donors (Lipinski definition) is 0. The lowest BCUT2D eigenvalue weighted by Gasteiger charge is -2.24. The molecule has 1 aliphatic rings. The van der Waals surface area contributed by atoms with E-state index in [2.05, 4.69) is 0 Å². The number of thiophene rings is 1. The van der Waals surface area contributed by atoms with Gasteiger partial charge >= 0.3 is 0 Å². The van der Waals surface area contributed by atoms with Crippen LogP contribution in [0.15, 0.2) is 29.1 Å². The average Bonchev–Trinajstić information content (AvgIpc) is 3.01. The smallest absolute Gasteiger partial charge is 0.264 e. The molecule has 0 amide bonds. The summed E-state index contributed by atoms with van der Waals surface area (Å²) in [6.45, 7) is 4.35. The molecular weight excluding hydrogens is 361 g/mol. The van der Waals surface area contributed by atoms with Gasteiger partial charge in [0.05, 0.1) is 5.39 Å². The number of fused-ring (bicyclic) bond motifs is 3. The first-order valence-electron chi connectivity index (χ1n) is 9.48. The van der Waals surface area contributed by atoms with Crippen molar-refractivity contribution < 1.29 is 4.39 Å². The lowest BCUT2D eigenvalue weighted by Crippen LogP contribution is -2.31. The van der Waals surface area contributed by atoms with Crippen LogP contribution in [0.2, 0.25) is 0 Å². The molecule has 142 valence electrons. The molecule has 0 bridgehead atoms. The summed E-state index contributed by atoms with van der Waals surface area (Å²) in [7, 11) is 1.87. The molecule has 0 saturated carbocycles. The highest BCUT2D eigenvalue weighted by molar-refractivity contribution is 7.18. The highest BCUT2D eigenvalue weighted by atomic mass is 32.1. The summed E-state index contributed by atoms with van der Waals surface area (Å²) >= 11 is 1.65. The lowest BCUT2D eigenvalue weighted by atomic mass is 9.97. The molecule has 3 aromatic rings. The Morgan fingerprint density at radius 2 is 2.00 bits per heavy atom. The summed E-state index contributed by atoms with van der Waals surface area (Å²) < 4.78 is 15.9. The van der Waals surface area contributed by atoms with Crippen molar-refractivity contribution in [3.8, 4) is 0 Å². The van der Waals surface area contributed by atoms with E-state index in [4.69, 9.17) is 4.98 Å². The van der Waals surface area contributed by atoms with Crippen molar-refractivity contribution in [2.24, 2.45) is 0 Å². The Bertz CT molecular complexity index is 1050. The molecule has 27 heavy (non-hydrogen) atoms. The number of hydrogen-bond acceptors (Lipinski definition) is 4. The second-order valence-corrected chi connectivity index (χ2v) is 8.60. The number of benzene rings is 1. The first kappa shape index (κ1) is 18.2. The summed E-state index contributed by atoms with van der Waals surface area (Å²) in [6, 6.07) is 6.72. The van der Waals surface area contributed by atoms with Crippen LogP contribution in [-0.2, 0) is 19.4 Å². The third-order valence-corrected chi connectivity index (χ3v) is 6.41. The van der Waals surface area contributed by atoms with Crippen LogP contribution < -0.4 is 10.5 Å². The highest BCUT2D eigenvalue weighted by Crippen LogP contribution is 2.35. The molecule has 0 aliphatic heterocycles. The van der Waals surface area contributed by atoms with Crippen LogP contribution >= 0.6 is 11.3 Å². The Morgan fingerprint density at radius 3 is 2.74 bits per heavy atom. The Kier molecular flexibility index (Phi) is 4.76. The molecule has 2 heterocycles. The van der Waals surface area contributed by atoms with Gasteiger partial charge in [0.2, 0.25) is 5.95 Å². The van der Waals surface area contributed by atoms with Crippen molar-refractivity contribution >= 4 is 27.5 Å². The zero-order valence-corrected chi connectivity index (χ0v) is 16.8. The van der Waals surface area contributed by atoms with E-state index in [0.29, 0.717) is 18.1 Å². The first-order valence-corrected chi connectivity index (χ1v) is 10.3. The second-order valence-electron chi connectivity index (χ2n) is 7.52. The van der Waals surface area contributed by atoms with Crippen molar-refractivity contribution in [2.75, 3.05) is 11.9 Å². The molecule has 1 aliphatic carbocycles. The van der Waals surface area contributed by atoms with Crippen LogP contribution in [-0.4, -0.2) is 16.6 Å². The Morgan fingerprint density at radius 1 is 1.26 bits per heavy atom. The lowest BCUT2D eigenvalue weighted by molar-refractivity contribution is 0.561. The van der Waals surface area contributed by atoms with E-state index in [1.807, 2.05) is 31.9 Å². The molecule has 0 atom stereocenters. The topological polar surface area (TPSA) is 38.1 Å². The number of nitrogens with zero attached hydrogens (tertiary/aromatic N) is 3. The maximum Gasteiger partial charge on any atom is 0.264 e. The summed E-state index contributed by atoms with van der Waals surface area (Å²) in [5.74, 6) is 0.361. The van der Waals surface area contributed by atoms with E-state index in [-0.39, 0.29) is 17.4 Å². The van der Waals surface area contributed by atoms with Crippen molar-refractivity contribution in [1.29, 1.82) is 0 Å². The average molecular weight is 386 g/mol. The van der Waals surface area contributed by atoms with Crippen LogP contribution in [0.1, 0.15) is 48.7 Å². The molecule has 0 saturated heterocycles. The van der Waals surface area contributed by atoms with E-state index in [1.165, 1.54) is 22.9 Å². The minimum atomic E-state index is -0.240. The van der Waals surface area contributed by atoms with E-state index < -0.39 is 0 Å². The van der Waals surface area contributed by atoms with Gasteiger partial charge in [-0.25, -0.2) is 9.37 Å². The molecule has 1 aromatic carbocycles. The Hall–Kier alpha value is -2.21. The van der Waals surface area contributed by atoms with Gasteiger partial charge in [0.15, 0.2) is 0 Å². The van der Waals surface area contributed by atoms with Gasteiger partial charge in [-0.15, -0.1) is 11.3 Å². The molecule has 0 N–H and O–H groups in total. The molecule has 0 spiro atoms. The van der Waals surface area contributed by atoms with Gasteiger partial charge < -0.3 is 4.90 Å². The van der Waals surface area contributed by atoms with Crippen LogP contribution in [0.4, 0.5) is 10.3 Å². The fourth-order valence-electron chi connectivity index (χ4n) is 3.89.